The monoisotopic (exact) mass is 237 g/mol. The van der Waals surface area contributed by atoms with Gasteiger partial charge < -0.3 is 14.4 Å². The fourth-order valence-electron chi connectivity index (χ4n) is 1.27. The van der Waals surface area contributed by atoms with Crippen LogP contribution in [-0.2, 0) is 9.53 Å². The highest BCUT2D eigenvalue weighted by Gasteiger charge is 2.03. The minimum atomic E-state index is -0.326. The largest absolute Gasteiger partial charge is 0.482 e. The molecule has 0 aliphatic carbocycles. The van der Waals surface area contributed by atoms with Crippen molar-refractivity contribution in [2.75, 3.05) is 33.9 Å². The van der Waals surface area contributed by atoms with E-state index in [9.17, 15) is 4.79 Å². The average molecular weight is 237 g/mol. The molecule has 0 aliphatic heterocycles. The van der Waals surface area contributed by atoms with E-state index in [1.54, 1.807) is 12.1 Å². The number of hydrogen-bond donors (Lipinski definition) is 0. The number of para-hydroxylation sites is 1. The third-order valence-electron chi connectivity index (χ3n) is 2.11. The van der Waals surface area contributed by atoms with Crippen molar-refractivity contribution in [1.82, 2.24) is 4.90 Å². The third kappa shape index (κ3) is 6.58. The smallest absolute Gasteiger partial charge is 0.344 e. The molecule has 0 unspecified atom stereocenters. The summed E-state index contributed by atoms with van der Waals surface area (Å²) in [5.74, 6) is 0.352. The lowest BCUT2D eigenvalue weighted by atomic mass is 10.3. The summed E-state index contributed by atoms with van der Waals surface area (Å²) in [6, 6.07) is 9.22. The maximum Gasteiger partial charge on any atom is 0.344 e. The molecule has 4 nitrogen and oxygen atoms in total. The van der Waals surface area contributed by atoms with E-state index in [2.05, 4.69) is 0 Å². The molecule has 1 aromatic carbocycles. The van der Waals surface area contributed by atoms with Crippen LogP contribution in [0.15, 0.2) is 30.3 Å². The molecule has 17 heavy (non-hydrogen) atoms. The zero-order valence-corrected chi connectivity index (χ0v) is 10.4. The van der Waals surface area contributed by atoms with E-state index in [1.807, 2.05) is 37.2 Å². The summed E-state index contributed by atoms with van der Waals surface area (Å²) in [5, 5.41) is 0. The summed E-state index contributed by atoms with van der Waals surface area (Å²) in [5.41, 5.74) is 0. The van der Waals surface area contributed by atoms with Gasteiger partial charge in [-0.15, -0.1) is 0 Å². The Morgan fingerprint density at radius 3 is 2.59 bits per heavy atom. The number of hydrogen-bond acceptors (Lipinski definition) is 4. The Kier molecular flexibility index (Phi) is 6.10. The highest BCUT2D eigenvalue weighted by atomic mass is 16.6. The third-order valence-corrected chi connectivity index (χ3v) is 2.11. The molecule has 0 aromatic heterocycles. The van der Waals surface area contributed by atoms with Crippen LogP contribution in [-0.4, -0.2) is 44.7 Å². The van der Waals surface area contributed by atoms with Crippen LogP contribution in [0.2, 0.25) is 0 Å². The van der Waals surface area contributed by atoms with Crippen LogP contribution >= 0.6 is 0 Å². The molecule has 0 heterocycles. The van der Waals surface area contributed by atoms with Gasteiger partial charge in [0.05, 0.1) is 6.61 Å². The van der Waals surface area contributed by atoms with Gasteiger partial charge in [0, 0.05) is 6.54 Å². The topological polar surface area (TPSA) is 38.8 Å². The van der Waals surface area contributed by atoms with Crippen LogP contribution < -0.4 is 4.74 Å². The van der Waals surface area contributed by atoms with Crippen molar-refractivity contribution in [3.63, 3.8) is 0 Å². The Morgan fingerprint density at radius 1 is 1.24 bits per heavy atom. The number of benzene rings is 1. The van der Waals surface area contributed by atoms with E-state index in [-0.39, 0.29) is 12.6 Å². The molecule has 0 N–H and O–H groups in total. The molecule has 0 amide bonds. The van der Waals surface area contributed by atoms with Crippen LogP contribution in [0.4, 0.5) is 0 Å². The number of ether oxygens (including phenoxy) is 2. The minimum Gasteiger partial charge on any atom is -0.482 e. The summed E-state index contributed by atoms with van der Waals surface area (Å²) in [4.78, 5) is 13.4. The normalized spacial score (nSPS) is 10.3. The summed E-state index contributed by atoms with van der Waals surface area (Å²) < 4.78 is 10.3. The molecular weight excluding hydrogens is 218 g/mol. The SMILES string of the molecule is CN(C)CCCOC(=O)COc1ccccc1. The number of nitrogens with zero attached hydrogens (tertiary/aromatic N) is 1. The quantitative estimate of drug-likeness (QED) is 0.533. The lowest BCUT2D eigenvalue weighted by Crippen LogP contribution is -2.19. The maximum atomic E-state index is 11.3. The van der Waals surface area contributed by atoms with Gasteiger partial charge in [-0.05, 0) is 32.6 Å². The van der Waals surface area contributed by atoms with Crippen molar-refractivity contribution in [2.24, 2.45) is 0 Å². The first-order valence-electron chi connectivity index (χ1n) is 5.66. The Hall–Kier alpha value is -1.55. The molecule has 0 aliphatic rings. The molecule has 0 fully saturated rings. The molecule has 0 spiro atoms. The molecule has 1 aromatic rings. The Labute approximate surface area is 102 Å². The van der Waals surface area contributed by atoms with E-state index >= 15 is 0 Å². The van der Waals surface area contributed by atoms with E-state index in [0.29, 0.717) is 12.4 Å². The zero-order valence-electron chi connectivity index (χ0n) is 10.4. The van der Waals surface area contributed by atoms with E-state index < -0.39 is 0 Å². The number of carbonyl (C=O) groups excluding carboxylic acids is 1. The van der Waals surface area contributed by atoms with Crippen molar-refractivity contribution in [3.05, 3.63) is 30.3 Å². The van der Waals surface area contributed by atoms with Crippen molar-refractivity contribution in [1.29, 1.82) is 0 Å². The molecule has 4 heteroatoms. The molecule has 0 saturated heterocycles. The van der Waals surface area contributed by atoms with Gasteiger partial charge in [0.25, 0.3) is 0 Å². The van der Waals surface area contributed by atoms with Crippen LogP contribution in [0.25, 0.3) is 0 Å². The van der Waals surface area contributed by atoms with Crippen molar-refractivity contribution in [2.45, 2.75) is 6.42 Å². The molecule has 0 saturated carbocycles. The van der Waals surface area contributed by atoms with E-state index in [0.717, 1.165) is 13.0 Å². The fraction of sp³-hybridized carbons (Fsp3) is 0.462. The first-order valence-corrected chi connectivity index (χ1v) is 5.66. The van der Waals surface area contributed by atoms with Gasteiger partial charge in [-0.2, -0.15) is 0 Å². The van der Waals surface area contributed by atoms with Crippen LogP contribution in [0.5, 0.6) is 5.75 Å². The molecule has 0 radical (unpaired) electrons. The highest BCUT2D eigenvalue weighted by molar-refractivity contribution is 5.71. The minimum absolute atomic E-state index is 0.0357. The molecular formula is C13H19NO3. The predicted octanol–water partition coefficient (Wildman–Crippen LogP) is 1.56. The maximum absolute atomic E-state index is 11.3. The van der Waals surface area contributed by atoms with Crippen molar-refractivity contribution < 1.29 is 14.3 Å². The second-order valence-corrected chi connectivity index (χ2v) is 3.98. The van der Waals surface area contributed by atoms with Crippen molar-refractivity contribution in [3.8, 4) is 5.75 Å². The second-order valence-electron chi connectivity index (χ2n) is 3.98. The molecule has 94 valence electrons. The van der Waals surface area contributed by atoms with Crippen LogP contribution in [0.1, 0.15) is 6.42 Å². The van der Waals surface area contributed by atoms with Gasteiger partial charge >= 0.3 is 5.97 Å². The summed E-state index contributed by atoms with van der Waals surface area (Å²) >= 11 is 0. The molecule has 0 atom stereocenters. The molecule has 0 bridgehead atoms. The number of rotatable bonds is 7. The van der Waals surface area contributed by atoms with Gasteiger partial charge in [0.1, 0.15) is 5.75 Å². The lowest BCUT2D eigenvalue weighted by Gasteiger charge is -2.10. The number of carbonyl (C=O) groups is 1. The first-order chi connectivity index (χ1) is 8.18. The van der Waals surface area contributed by atoms with Gasteiger partial charge in [-0.3, -0.25) is 0 Å². The van der Waals surface area contributed by atoms with E-state index in [1.165, 1.54) is 0 Å². The van der Waals surface area contributed by atoms with Crippen molar-refractivity contribution >= 4 is 5.97 Å². The Bertz CT molecular complexity index is 325. The number of esters is 1. The predicted molar refractivity (Wildman–Crippen MR) is 66.1 cm³/mol. The highest BCUT2D eigenvalue weighted by Crippen LogP contribution is 2.07. The van der Waals surface area contributed by atoms with Crippen LogP contribution in [0.3, 0.4) is 0 Å². The summed E-state index contributed by atoms with van der Waals surface area (Å²) in [7, 11) is 3.97. The zero-order chi connectivity index (χ0) is 12.5. The lowest BCUT2D eigenvalue weighted by molar-refractivity contribution is -0.146. The van der Waals surface area contributed by atoms with Gasteiger partial charge in [0.2, 0.25) is 0 Å². The van der Waals surface area contributed by atoms with Gasteiger partial charge in [0.15, 0.2) is 6.61 Å². The standard InChI is InChI=1S/C13H19NO3/c1-14(2)9-6-10-16-13(15)11-17-12-7-4-3-5-8-12/h3-5,7-8H,6,9-11H2,1-2H3. The van der Waals surface area contributed by atoms with Gasteiger partial charge in [-0.1, -0.05) is 18.2 Å². The van der Waals surface area contributed by atoms with Gasteiger partial charge in [-0.25, -0.2) is 4.79 Å². The average Bonchev–Trinajstić information content (AvgIpc) is 2.33. The Morgan fingerprint density at radius 2 is 1.94 bits per heavy atom. The first kappa shape index (κ1) is 13.5. The van der Waals surface area contributed by atoms with E-state index in [4.69, 9.17) is 9.47 Å². The fourth-order valence-corrected chi connectivity index (χ4v) is 1.27. The Balaban J connectivity index is 2.09. The van der Waals surface area contributed by atoms with Crippen LogP contribution in [0, 0.1) is 0 Å². The summed E-state index contributed by atoms with van der Waals surface area (Å²) in [6.07, 6.45) is 0.837. The molecule has 1 rings (SSSR count). The second kappa shape index (κ2) is 7.68. The summed E-state index contributed by atoms with van der Waals surface area (Å²) in [6.45, 7) is 1.31.